The van der Waals surface area contributed by atoms with Crippen LogP contribution in [0.25, 0.3) is 0 Å². The highest BCUT2D eigenvalue weighted by atomic mass is 18.0. The van der Waals surface area contributed by atoms with Gasteiger partial charge in [0.15, 0.2) is 0 Å². The molecule has 44 heteroatoms. The van der Waals surface area contributed by atoms with Crippen molar-refractivity contribution in [2.75, 3.05) is 0 Å². The standard InChI is InChI=1S/C4H6O44/c1-3-5-7-9-11-13-15-17-19-21-23-25-27-29-31-33-35-37-39-41-43-45-47-48-46-44-42-40-38-36-34-32-30-28-26-24-22-20-18-16-14-12-10-8-6-4-2/h3-4H,1-2H2. The van der Waals surface area contributed by atoms with E-state index in [1.807, 2.05) is 0 Å². The molecule has 0 heterocycles. The summed E-state index contributed by atoms with van der Waals surface area (Å²) in [6.07, 6.45) is 1.63. The van der Waals surface area contributed by atoms with Crippen LogP contribution in [0.4, 0.5) is 0 Å². The van der Waals surface area contributed by atoms with E-state index in [0.29, 0.717) is 0 Å². The SMILES string of the molecule is C=COOOOOOOOOOOOOOOOOOOOOOOOOOOOOOOOOOOOOOOOOOOOC=C. The van der Waals surface area contributed by atoms with Crippen molar-refractivity contribution in [3.63, 3.8) is 0 Å². The van der Waals surface area contributed by atoms with Gasteiger partial charge in [-0.05, 0) is 0 Å². The first-order chi connectivity index (χ1) is 23.9. The zero-order valence-corrected chi connectivity index (χ0v) is 20.5. The Morgan fingerprint density at radius 2 is 0.229 bits per heavy atom. The monoisotopic (exact) mass is 758 g/mol. The summed E-state index contributed by atoms with van der Waals surface area (Å²) in [4.78, 5) is 7.86. The highest BCUT2D eigenvalue weighted by Crippen LogP contribution is 1.97. The fourth-order valence-electron chi connectivity index (χ4n) is 0.541. The maximum absolute atomic E-state index is 3.93. The van der Waals surface area contributed by atoms with Crippen molar-refractivity contribution in [3.8, 4) is 0 Å². The first-order valence-corrected chi connectivity index (χ1v) is 8.45. The zero-order chi connectivity index (χ0) is 34.5. The second-order valence-corrected chi connectivity index (χ2v) is 3.38. The van der Waals surface area contributed by atoms with Crippen LogP contribution in [0.1, 0.15) is 0 Å². The molecule has 0 aliphatic rings. The summed E-state index contributed by atoms with van der Waals surface area (Å²) in [7, 11) is 0. The molecule has 44 nitrogen and oxygen atoms in total. The second-order valence-electron chi connectivity index (χ2n) is 3.38. The van der Waals surface area contributed by atoms with E-state index in [0.717, 1.165) is 12.5 Å². The molecule has 0 aromatic heterocycles. The Kier molecular flexibility index (Phi) is 42.0. The molecule has 0 aliphatic heterocycles. The van der Waals surface area contributed by atoms with Gasteiger partial charge in [-0.15, -0.1) is 0 Å². The van der Waals surface area contributed by atoms with Crippen LogP contribution in [-0.2, 0) is 221 Å². The van der Waals surface area contributed by atoms with Crippen LogP contribution in [0, 0.1) is 0 Å². The quantitative estimate of drug-likeness (QED) is 0.0290. The van der Waals surface area contributed by atoms with Crippen molar-refractivity contribution in [1.82, 2.24) is 0 Å². The third-order valence-electron chi connectivity index (χ3n) is 1.35. The number of hydrogen-bond acceptors (Lipinski definition) is 44. The second kappa shape index (κ2) is 44.4. The van der Waals surface area contributed by atoms with Crippen molar-refractivity contribution >= 4 is 0 Å². The first kappa shape index (κ1) is 45.4. The van der Waals surface area contributed by atoms with E-state index in [1.54, 1.807) is 0 Å². The molecule has 0 unspecified atom stereocenters. The summed E-state index contributed by atoms with van der Waals surface area (Å²) in [6, 6.07) is 0. The van der Waals surface area contributed by atoms with Crippen LogP contribution in [-0.4, -0.2) is 0 Å². The molecule has 0 atom stereocenters. The molecule has 0 aromatic rings. The van der Waals surface area contributed by atoms with Crippen LogP contribution in [0.3, 0.4) is 0 Å². The third kappa shape index (κ3) is 43.4. The largest absolute Gasteiger partial charge is 0.315 e. The third-order valence-corrected chi connectivity index (χ3v) is 1.35. The number of rotatable bonds is 45. The zero-order valence-electron chi connectivity index (χ0n) is 20.5. The average molecular weight is 758 g/mol. The van der Waals surface area contributed by atoms with E-state index >= 15 is 0 Å². The maximum atomic E-state index is 3.93. The molecule has 0 bridgehead atoms. The van der Waals surface area contributed by atoms with Crippen molar-refractivity contribution in [2.24, 2.45) is 0 Å². The Labute approximate surface area is 248 Å². The Balaban J connectivity index is 3.04. The molecule has 0 saturated heterocycles. The maximum Gasteiger partial charge on any atom is 0.125 e. The van der Waals surface area contributed by atoms with Gasteiger partial charge in [0.2, 0.25) is 0 Å². The molecule has 0 rings (SSSR count). The summed E-state index contributed by atoms with van der Waals surface area (Å²) in [6.45, 7) is 6.13. The Bertz CT molecular complexity index is 530. The van der Waals surface area contributed by atoms with Crippen molar-refractivity contribution in [2.45, 2.75) is 0 Å². The van der Waals surface area contributed by atoms with Crippen LogP contribution in [0.5, 0.6) is 0 Å². The summed E-state index contributed by atoms with van der Waals surface area (Å²) in [5.41, 5.74) is 0. The molecule has 0 spiro atoms. The van der Waals surface area contributed by atoms with Gasteiger partial charge in [-0.2, -0.15) is 0 Å². The normalized spacial score (nSPS) is 11.2. The van der Waals surface area contributed by atoms with Crippen LogP contribution in [0.2, 0.25) is 0 Å². The van der Waals surface area contributed by atoms with Crippen LogP contribution < -0.4 is 0 Å². The van der Waals surface area contributed by atoms with Gasteiger partial charge in [-0.1, -0.05) is 13.2 Å². The lowest BCUT2D eigenvalue weighted by Gasteiger charge is -2.00. The summed E-state index contributed by atoms with van der Waals surface area (Å²) >= 11 is 0. The highest BCUT2D eigenvalue weighted by Gasteiger charge is 2.03. The lowest BCUT2D eigenvalue weighted by molar-refractivity contribution is -0.909. The Hall–Kier alpha value is -2.60. The summed E-state index contributed by atoms with van der Waals surface area (Å²) in [5, 5.41) is 148. The van der Waals surface area contributed by atoms with Gasteiger partial charge in [0, 0.05) is 212 Å². The molecule has 286 valence electrons. The molecule has 0 amide bonds. The summed E-state index contributed by atoms with van der Waals surface area (Å²) in [5.74, 6) is 0. The van der Waals surface area contributed by atoms with Gasteiger partial charge in [0.1, 0.15) is 12.5 Å². The minimum absolute atomic E-state index is 0.815. The van der Waals surface area contributed by atoms with E-state index in [-0.39, 0.29) is 0 Å². The minimum atomic E-state index is 0.815. The average Bonchev–Trinajstić information content (AvgIpc) is 3.10. The molecule has 0 aliphatic carbocycles. The van der Waals surface area contributed by atoms with E-state index < -0.39 is 0 Å². The van der Waals surface area contributed by atoms with Gasteiger partial charge in [-0.25, -0.2) is 0 Å². The van der Waals surface area contributed by atoms with Crippen LogP contribution >= 0.6 is 0 Å². The van der Waals surface area contributed by atoms with Crippen LogP contribution in [0.15, 0.2) is 25.7 Å². The minimum Gasteiger partial charge on any atom is -0.315 e. The lowest BCUT2D eigenvalue weighted by atomic mass is 11.2. The van der Waals surface area contributed by atoms with Crippen molar-refractivity contribution < 1.29 is 221 Å². The highest BCUT2D eigenvalue weighted by molar-refractivity contribution is 4.41. The molecule has 0 N–H and O–H groups in total. The Morgan fingerprint density at radius 3 is 0.312 bits per heavy atom. The van der Waals surface area contributed by atoms with Gasteiger partial charge >= 0.3 is 0 Å². The van der Waals surface area contributed by atoms with E-state index in [2.05, 4.69) is 235 Å². The topological polar surface area (TPSA) is 406 Å². The molecule has 0 fully saturated rings. The molecule has 48 heavy (non-hydrogen) atoms. The van der Waals surface area contributed by atoms with Crippen molar-refractivity contribution in [3.05, 3.63) is 25.7 Å². The smallest absolute Gasteiger partial charge is 0.125 e. The Morgan fingerprint density at radius 1 is 0.146 bits per heavy atom. The predicted octanol–water partition coefficient (Wildman–Crippen LogP) is -1.65. The van der Waals surface area contributed by atoms with E-state index in [1.165, 1.54) is 0 Å². The summed E-state index contributed by atoms with van der Waals surface area (Å²) < 4.78 is 0. The van der Waals surface area contributed by atoms with Gasteiger partial charge in [-0.3, -0.25) is 0 Å². The fraction of sp³-hybridized carbons (Fsp3) is 0. The van der Waals surface area contributed by atoms with Crippen molar-refractivity contribution in [1.29, 1.82) is 0 Å². The van der Waals surface area contributed by atoms with Gasteiger partial charge in [0.25, 0.3) is 0 Å². The van der Waals surface area contributed by atoms with Gasteiger partial charge < -0.3 is 9.78 Å². The number of hydrogen-bond donors (Lipinski definition) is 0. The lowest BCUT2D eigenvalue weighted by Crippen LogP contribution is -2.06. The molecule has 0 saturated carbocycles. The first-order valence-electron chi connectivity index (χ1n) is 8.45. The predicted molar refractivity (Wildman–Crippen MR) is 68.1 cm³/mol. The van der Waals surface area contributed by atoms with Gasteiger partial charge in [0.05, 0.1) is 0 Å². The molecule has 0 radical (unpaired) electrons. The fourth-order valence-corrected chi connectivity index (χ4v) is 0.541. The molecular weight excluding hydrogens is 752 g/mol. The van der Waals surface area contributed by atoms with E-state index in [4.69, 9.17) is 0 Å². The van der Waals surface area contributed by atoms with E-state index in [9.17, 15) is 0 Å². The molecular formula is C4H6O44. The molecule has 0 aromatic carbocycles.